The van der Waals surface area contributed by atoms with E-state index in [1.807, 2.05) is 20.8 Å². The number of hydrogen-bond acceptors (Lipinski definition) is 3. The molecule has 4 heteroatoms. The number of carbonyl (C=O) groups is 1. The van der Waals surface area contributed by atoms with Crippen LogP contribution in [-0.4, -0.2) is 25.2 Å². The molecule has 0 aliphatic heterocycles. The van der Waals surface area contributed by atoms with Crippen molar-refractivity contribution in [1.29, 1.82) is 0 Å². The molecule has 0 saturated heterocycles. The summed E-state index contributed by atoms with van der Waals surface area (Å²) in [5, 5.41) is 2.98. The summed E-state index contributed by atoms with van der Waals surface area (Å²) in [6, 6.07) is 5.40. The highest BCUT2D eigenvalue weighted by Gasteiger charge is 2.15. The maximum absolute atomic E-state index is 12.2. The molecule has 20 heavy (non-hydrogen) atoms. The van der Waals surface area contributed by atoms with Gasteiger partial charge in [0.25, 0.3) is 5.91 Å². The van der Waals surface area contributed by atoms with Crippen molar-refractivity contribution in [2.24, 2.45) is 5.92 Å². The summed E-state index contributed by atoms with van der Waals surface area (Å²) < 4.78 is 11.0. The Kier molecular flexibility index (Phi) is 6.36. The fourth-order valence-electron chi connectivity index (χ4n) is 1.65. The minimum atomic E-state index is -0.0878. The molecule has 1 aromatic carbocycles. The molecule has 0 spiro atoms. The first-order valence-electron chi connectivity index (χ1n) is 7.20. The Morgan fingerprint density at radius 2 is 1.70 bits per heavy atom. The van der Waals surface area contributed by atoms with Gasteiger partial charge in [-0.2, -0.15) is 0 Å². The topological polar surface area (TPSA) is 47.6 Å². The zero-order valence-electron chi connectivity index (χ0n) is 13.0. The van der Waals surface area contributed by atoms with Crippen LogP contribution >= 0.6 is 0 Å². The molecular weight excluding hydrogens is 254 g/mol. The second-order valence-corrected chi connectivity index (χ2v) is 5.03. The van der Waals surface area contributed by atoms with Crippen molar-refractivity contribution < 1.29 is 14.3 Å². The van der Waals surface area contributed by atoms with Gasteiger partial charge in [-0.15, -0.1) is 0 Å². The van der Waals surface area contributed by atoms with Crippen LogP contribution in [0.3, 0.4) is 0 Å². The molecule has 0 aliphatic carbocycles. The molecule has 112 valence electrons. The van der Waals surface area contributed by atoms with Crippen LogP contribution in [0.15, 0.2) is 18.2 Å². The lowest BCUT2D eigenvalue weighted by Gasteiger charge is -2.18. The number of nitrogens with one attached hydrogen (secondary N) is 1. The van der Waals surface area contributed by atoms with Crippen LogP contribution in [0, 0.1) is 5.92 Å². The molecule has 0 saturated carbocycles. The van der Waals surface area contributed by atoms with E-state index < -0.39 is 0 Å². The van der Waals surface area contributed by atoms with E-state index in [0.29, 0.717) is 36.2 Å². The Morgan fingerprint density at radius 1 is 1.10 bits per heavy atom. The number of ether oxygens (including phenoxy) is 2. The van der Waals surface area contributed by atoms with Gasteiger partial charge in [-0.1, -0.05) is 13.8 Å². The third kappa shape index (κ3) is 4.44. The molecule has 1 atom stereocenters. The molecule has 1 rings (SSSR count). The Labute approximate surface area is 121 Å². The van der Waals surface area contributed by atoms with E-state index in [0.717, 1.165) is 0 Å². The Hall–Kier alpha value is -1.71. The quantitative estimate of drug-likeness (QED) is 0.833. The molecule has 0 bridgehead atoms. The van der Waals surface area contributed by atoms with Gasteiger partial charge in [0.05, 0.1) is 13.2 Å². The standard InChI is InChI=1S/C16H25NO3/c1-6-19-14-9-8-13(10-15(14)20-7-2)16(18)17-12(5)11(3)4/h8-12H,6-7H2,1-5H3,(H,17,18). The molecule has 0 radical (unpaired) electrons. The monoisotopic (exact) mass is 279 g/mol. The predicted octanol–water partition coefficient (Wildman–Crippen LogP) is 3.26. The fourth-order valence-corrected chi connectivity index (χ4v) is 1.65. The molecule has 0 aliphatic rings. The van der Waals surface area contributed by atoms with Crippen LogP contribution in [0.25, 0.3) is 0 Å². The van der Waals surface area contributed by atoms with Crippen LogP contribution in [0.1, 0.15) is 45.0 Å². The van der Waals surface area contributed by atoms with E-state index in [-0.39, 0.29) is 11.9 Å². The zero-order valence-corrected chi connectivity index (χ0v) is 13.0. The maximum atomic E-state index is 12.2. The van der Waals surface area contributed by atoms with E-state index >= 15 is 0 Å². The lowest BCUT2D eigenvalue weighted by Crippen LogP contribution is -2.36. The van der Waals surface area contributed by atoms with Gasteiger partial charge in [-0.3, -0.25) is 4.79 Å². The molecular formula is C16H25NO3. The van der Waals surface area contributed by atoms with Crippen LogP contribution < -0.4 is 14.8 Å². The third-order valence-corrected chi connectivity index (χ3v) is 3.16. The van der Waals surface area contributed by atoms with Crippen molar-refractivity contribution in [2.45, 2.75) is 40.7 Å². The first-order valence-corrected chi connectivity index (χ1v) is 7.20. The van der Waals surface area contributed by atoms with Gasteiger partial charge in [-0.25, -0.2) is 0 Å². The highest BCUT2D eigenvalue weighted by Crippen LogP contribution is 2.28. The number of amides is 1. The molecule has 1 N–H and O–H groups in total. The summed E-state index contributed by atoms with van der Waals surface area (Å²) in [4.78, 5) is 12.2. The van der Waals surface area contributed by atoms with Crippen LogP contribution in [0.5, 0.6) is 11.5 Å². The maximum Gasteiger partial charge on any atom is 0.251 e. The molecule has 1 amide bonds. The molecule has 0 aromatic heterocycles. The number of carbonyl (C=O) groups excluding carboxylic acids is 1. The predicted molar refractivity (Wildman–Crippen MR) is 80.5 cm³/mol. The van der Waals surface area contributed by atoms with Gasteiger partial charge < -0.3 is 14.8 Å². The van der Waals surface area contributed by atoms with Crippen molar-refractivity contribution in [2.75, 3.05) is 13.2 Å². The third-order valence-electron chi connectivity index (χ3n) is 3.16. The largest absolute Gasteiger partial charge is 0.490 e. The molecule has 1 aromatic rings. The summed E-state index contributed by atoms with van der Waals surface area (Å²) in [5.41, 5.74) is 0.587. The number of hydrogen-bond donors (Lipinski definition) is 1. The summed E-state index contributed by atoms with van der Waals surface area (Å²) in [7, 11) is 0. The molecule has 4 nitrogen and oxygen atoms in total. The second kappa shape index (κ2) is 7.78. The highest BCUT2D eigenvalue weighted by atomic mass is 16.5. The number of rotatable bonds is 7. The smallest absolute Gasteiger partial charge is 0.251 e. The SMILES string of the molecule is CCOc1ccc(C(=O)NC(C)C(C)C)cc1OCC. The lowest BCUT2D eigenvalue weighted by molar-refractivity contribution is 0.0930. The van der Waals surface area contributed by atoms with E-state index in [1.165, 1.54) is 0 Å². The first-order chi connectivity index (χ1) is 9.49. The average Bonchev–Trinajstić information content (AvgIpc) is 2.41. The average molecular weight is 279 g/mol. The van der Waals surface area contributed by atoms with Gasteiger partial charge in [0, 0.05) is 11.6 Å². The van der Waals surface area contributed by atoms with Crippen LogP contribution in [-0.2, 0) is 0 Å². The minimum Gasteiger partial charge on any atom is -0.490 e. The second-order valence-electron chi connectivity index (χ2n) is 5.03. The summed E-state index contributed by atoms with van der Waals surface area (Å²) in [5.74, 6) is 1.59. The number of benzene rings is 1. The normalized spacial score (nSPS) is 12.1. The lowest BCUT2D eigenvalue weighted by atomic mass is 10.1. The zero-order chi connectivity index (χ0) is 15.1. The first kappa shape index (κ1) is 16.3. The molecule has 1 unspecified atom stereocenters. The van der Waals surface area contributed by atoms with Crippen molar-refractivity contribution in [3.05, 3.63) is 23.8 Å². The fraction of sp³-hybridized carbons (Fsp3) is 0.562. The van der Waals surface area contributed by atoms with Crippen LogP contribution in [0.4, 0.5) is 0 Å². The summed E-state index contributed by atoms with van der Waals surface area (Å²) in [6.45, 7) is 11.1. The highest BCUT2D eigenvalue weighted by molar-refractivity contribution is 5.95. The molecule has 0 fully saturated rings. The van der Waals surface area contributed by atoms with E-state index in [4.69, 9.17) is 9.47 Å². The van der Waals surface area contributed by atoms with Gasteiger partial charge in [0.2, 0.25) is 0 Å². The summed E-state index contributed by atoms with van der Waals surface area (Å²) >= 11 is 0. The van der Waals surface area contributed by atoms with E-state index in [2.05, 4.69) is 19.2 Å². The van der Waals surface area contributed by atoms with Crippen molar-refractivity contribution in [3.63, 3.8) is 0 Å². The van der Waals surface area contributed by atoms with Gasteiger partial charge in [0.1, 0.15) is 0 Å². The van der Waals surface area contributed by atoms with Crippen LogP contribution in [0.2, 0.25) is 0 Å². The van der Waals surface area contributed by atoms with Crippen molar-refractivity contribution >= 4 is 5.91 Å². The van der Waals surface area contributed by atoms with Crippen molar-refractivity contribution in [1.82, 2.24) is 5.32 Å². The van der Waals surface area contributed by atoms with E-state index in [9.17, 15) is 4.79 Å². The Balaban J connectivity index is 2.90. The summed E-state index contributed by atoms with van der Waals surface area (Å²) in [6.07, 6.45) is 0. The van der Waals surface area contributed by atoms with E-state index in [1.54, 1.807) is 18.2 Å². The van der Waals surface area contributed by atoms with Gasteiger partial charge >= 0.3 is 0 Å². The molecule has 0 heterocycles. The van der Waals surface area contributed by atoms with Crippen molar-refractivity contribution in [3.8, 4) is 11.5 Å². The van der Waals surface area contributed by atoms with Gasteiger partial charge in [-0.05, 0) is 44.9 Å². The Bertz CT molecular complexity index is 443. The van der Waals surface area contributed by atoms with Gasteiger partial charge in [0.15, 0.2) is 11.5 Å². The minimum absolute atomic E-state index is 0.0878. The Morgan fingerprint density at radius 3 is 2.25 bits per heavy atom.